The number of nitrogens with zero attached hydrogens (tertiary/aromatic N) is 11. The summed E-state index contributed by atoms with van der Waals surface area (Å²) in [7, 11) is 0. The Kier molecular flexibility index (Phi) is 13.1. The number of rotatable bonds is 10. The molecule has 2 aliphatic heterocycles. The summed E-state index contributed by atoms with van der Waals surface area (Å²) < 4.78 is 28.9. The van der Waals surface area contributed by atoms with Gasteiger partial charge in [-0.2, -0.15) is 0 Å². The average Bonchev–Trinajstić information content (AvgIpc) is 4.12. The van der Waals surface area contributed by atoms with E-state index in [0.29, 0.717) is 87.4 Å². The monoisotopic (exact) mass is 937 g/mol. The Hall–Kier alpha value is -6.77. The number of piperidine rings is 2. The van der Waals surface area contributed by atoms with Crippen molar-refractivity contribution < 1.29 is 18.4 Å². The lowest BCUT2D eigenvalue weighted by Gasteiger charge is -2.32. The molecule has 10 rings (SSSR count). The zero-order valence-corrected chi connectivity index (χ0v) is 36.7. The molecule has 17 nitrogen and oxygen atoms in total. The lowest BCUT2D eigenvalue weighted by Crippen LogP contribution is -2.42. The van der Waals surface area contributed by atoms with Gasteiger partial charge in [0.15, 0.2) is 34.9 Å². The van der Waals surface area contributed by atoms with Crippen molar-refractivity contribution in [2.24, 2.45) is 11.8 Å². The fraction of sp³-hybridized carbons (Fsp3) is 0.279. The molecule has 8 aromatic rings. The Bertz CT molecular complexity index is 2960. The molecule has 0 aromatic carbocycles. The van der Waals surface area contributed by atoms with Crippen molar-refractivity contribution in [3.05, 3.63) is 112 Å². The van der Waals surface area contributed by atoms with E-state index < -0.39 is 11.6 Å². The van der Waals surface area contributed by atoms with Gasteiger partial charge in [0.2, 0.25) is 0 Å². The minimum atomic E-state index is -0.543. The van der Waals surface area contributed by atoms with Crippen LogP contribution < -0.4 is 10.6 Å². The first-order chi connectivity index (χ1) is 31.7. The molecule has 0 bridgehead atoms. The summed E-state index contributed by atoms with van der Waals surface area (Å²) in [5.41, 5.74) is 4.65. The van der Waals surface area contributed by atoms with Crippen LogP contribution in [0.1, 0.15) is 45.8 Å². The Morgan fingerprint density at radius 3 is 1.75 bits per heavy atom. The SMILES string of the molecule is O=C(c1cnccn1)N1CCCC(CNc2nc(-c3c[nH]c4ncc(Cl)cc34)ncc2F)C1.O=C(c1cncs1)N1CCCC(CNc2nc(-c3c[nH]c4ncc(Cl)cc34)ncc2F)C1. The van der Waals surface area contributed by atoms with Gasteiger partial charge >= 0.3 is 0 Å². The Morgan fingerprint density at radius 1 is 0.692 bits per heavy atom. The molecule has 2 unspecified atom stereocenters. The van der Waals surface area contributed by atoms with Crippen LogP contribution >= 0.6 is 34.5 Å². The van der Waals surface area contributed by atoms with E-state index in [-0.39, 0.29) is 35.3 Å². The van der Waals surface area contributed by atoms with Crippen molar-refractivity contribution in [3.8, 4) is 22.8 Å². The largest absolute Gasteiger partial charge is 0.367 e. The van der Waals surface area contributed by atoms with Gasteiger partial charge in [0.1, 0.15) is 21.9 Å². The number of hydrogen-bond donors (Lipinski definition) is 4. The van der Waals surface area contributed by atoms with Crippen LogP contribution in [-0.4, -0.2) is 116 Å². The lowest BCUT2D eigenvalue weighted by atomic mass is 9.97. The number of thiazole rings is 1. The molecule has 65 heavy (non-hydrogen) atoms. The summed E-state index contributed by atoms with van der Waals surface area (Å²) >= 11 is 13.5. The summed E-state index contributed by atoms with van der Waals surface area (Å²) in [5.74, 6) is 0.0902. The van der Waals surface area contributed by atoms with Crippen LogP contribution in [0.25, 0.3) is 44.8 Å². The number of carbonyl (C=O) groups excluding carboxylic acids is 2. The number of hydrogen-bond acceptors (Lipinski definition) is 14. The van der Waals surface area contributed by atoms with Crippen LogP contribution in [0, 0.1) is 23.5 Å². The second kappa shape index (κ2) is 19.5. The third kappa shape index (κ3) is 9.98. The van der Waals surface area contributed by atoms with Gasteiger partial charge in [0.25, 0.3) is 11.8 Å². The van der Waals surface area contributed by atoms with E-state index in [2.05, 4.69) is 65.5 Å². The highest BCUT2D eigenvalue weighted by molar-refractivity contribution is 7.11. The minimum Gasteiger partial charge on any atom is -0.367 e. The van der Waals surface area contributed by atoms with Crippen molar-refractivity contribution in [2.45, 2.75) is 25.7 Å². The number of halogens is 4. The van der Waals surface area contributed by atoms with Crippen LogP contribution in [0.15, 0.2) is 79.6 Å². The highest BCUT2D eigenvalue weighted by Gasteiger charge is 2.27. The van der Waals surface area contributed by atoms with E-state index in [1.165, 1.54) is 29.9 Å². The predicted octanol–water partition coefficient (Wildman–Crippen LogP) is 7.80. The third-order valence-corrected chi connectivity index (χ3v) is 12.3. The smallest absolute Gasteiger partial charge is 0.274 e. The molecule has 4 N–H and O–H groups in total. The first-order valence-electron chi connectivity index (χ1n) is 20.7. The van der Waals surface area contributed by atoms with Gasteiger partial charge in [0.05, 0.1) is 40.3 Å². The molecule has 0 saturated carbocycles. The summed E-state index contributed by atoms with van der Waals surface area (Å²) in [6.45, 7) is 3.51. The summed E-state index contributed by atoms with van der Waals surface area (Å²) in [6, 6.07) is 3.53. The van der Waals surface area contributed by atoms with Crippen molar-refractivity contribution in [3.63, 3.8) is 0 Å². The fourth-order valence-electron chi connectivity index (χ4n) is 7.93. The minimum absolute atomic E-state index is 0.000640. The topological polar surface area (TPSA) is 212 Å². The van der Waals surface area contributed by atoms with E-state index in [9.17, 15) is 18.4 Å². The maximum absolute atomic E-state index is 14.5. The van der Waals surface area contributed by atoms with Crippen LogP contribution in [-0.2, 0) is 0 Å². The molecular formula is C43H39Cl2F2N15O2S. The van der Waals surface area contributed by atoms with Crippen LogP contribution in [0.2, 0.25) is 10.0 Å². The fourth-order valence-corrected chi connectivity index (χ4v) is 8.83. The Labute approximate surface area is 383 Å². The van der Waals surface area contributed by atoms with Gasteiger partial charge in [-0.15, -0.1) is 11.3 Å². The molecule has 10 heterocycles. The summed E-state index contributed by atoms with van der Waals surface area (Å²) in [5, 5.41) is 8.71. The second-order valence-electron chi connectivity index (χ2n) is 15.5. The van der Waals surface area contributed by atoms with Gasteiger partial charge in [-0.1, -0.05) is 23.2 Å². The van der Waals surface area contributed by atoms with Crippen molar-refractivity contribution >= 4 is 80.1 Å². The van der Waals surface area contributed by atoms with Gasteiger partial charge in [-0.3, -0.25) is 19.6 Å². The maximum Gasteiger partial charge on any atom is 0.274 e. The molecular weight excluding hydrogens is 900 g/mol. The number of aromatic amines is 2. The summed E-state index contributed by atoms with van der Waals surface area (Å²) in [4.78, 5) is 73.3. The zero-order valence-electron chi connectivity index (χ0n) is 34.4. The number of fused-ring (bicyclic) bond motifs is 2. The molecule has 2 saturated heterocycles. The van der Waals surface area contributed by atoms with E-state index in [1.807, 2.05) is 4.90 Å². The van der Waals surface area contributed by atoms with Gasteiger partial charge in [-0.05, 0) is 49.7 Å². The van der Waals surface area contributed by atoms with E-state index >= 15 is 0 Å². The number of anilines is 2. The average molecular weight is 939 g/mol. The molecule has 0 radical (unpaired) electrons. The predicted molar refractivity (Wildman–Crippen MR) is 243 cm³/mol. The molecule has 22 heteroatoms. The molecule has 332 valence electrons. The van der Waals surface area contributed by atoms with Crippen LogP contribution in [0.3, 0.4) is 0 Å². The van der Waals surface area contributed by atoms with Gasteiger partial charge in [-0.25, -0.2) is 43.7 Å². The molecule has 2 aliphatic rings. The standard InChI is InChI=1S/C22H20ClFN8O.C21H19ClFN7OS/c23-14-6-15-16(9-29-19(15)28-8-14)20-30-10-17(24)21(31-20)27-7-13-2-1-5-32(12-13)22(33)18-11-25-3-4-26-18;22-13-4-14-15(7-27-18(14)26-6-13)19-28-8-16(23)20(29-19)25-5-12-2-1-3-30(10-12)21(31)17-9-24-11-32-17/h3-4,6,8-11,13H,1-2,5,7,12H2,(H,28,29)(H,27,30,31);4,6-9,11-12H,1-3,5,10H2,(H,26,27)(H,25,28,29). The number of carbonyl (C=O) groups is 2. The van der Waals surface area contributed by atoms with Crippen LogP contribution in [0.5, 0.6) is 0 Å². The van der Waals surface area contributed by atoms with Crippen molar-refractivity contribution in [1.82, 2.24) is 64.6 Å². The van der Waals surface area contributed by atoms with Crippen molar-refractivity contribution in [2.75, 3.05) is 49.9 Å². The highest BCUT2D eigenvalue weighted by atomic mass is 35.5. The quantitative estimate of drug-likeness (QED) is 0.103. The maximum atomic E-state index is 14.5. The molecule has 2 amide bonds. The molecule has 8 aromatic heterocycles. The lowest BCUT2D eigenvalue weighted by molar-refractivity contribution is 0.0670. The van der Waals surface area contributed by atoms with E-state index in [4.69, 9.17) is 23.2 Å². The molecule has 2 fully saturated rings. The number of H-pyrrole nitrogens is 2. The Balaban J connectivity index is 0.000000164. The number of aromatic nitrogens is 11. The Morgan fingerprint density at radius 2 is 1.25 bits per heavy atom. The van der Waals surface area contributed by atoms with E-state index in [0.717, 1.165) is 55.4 Å². The normalized spacial score (nSPS) is 16.3. The first kappa shape index (κ1) is 43.5. The van der Waals surface area contributed by atoms with Crippen molar-refractivity contribution in [1.29, 1.82) is 0 Å². The number of likely N-dealkylation sites (tertiary alicyclic amines) is 2. The first-order valence-corrected chi connectivity index (χ1v) is 22.3. The van der Waals surface area contributed by atoms with Crippen LogP contribution in [0.4, 0.5) is 20.4 Å². The molecule has 0 spiro atoms. The van der Waals surface area contributed by atoms with Gasteiger partial charge < -0.3 is 30.4 Å². The molecule has 2 atom stereocenters. The zero-order chi connectivity index (χ0) is 44.9. The number of nitrogens with one attached hydrogen (secondary N) is 4. The number of amides is 2. The third-order valence-electron chi connectivity index (χ3n) is 11.1. The second-order valence-corrected chi connectivity index (χ2v) is 17.3. The van der Waals surface area contributed by atoms with E-state index in [1.54, 1.807) is 53.5 Å². The number of pyridine rings is 2. The van der Waals surface area contributed by atoms with Gasteiger partial charge in [0, 0.05) is 98.3 Å². The molecule has 0 aliphatic carbocycles. The summed E-state index contributed by atoms with van der Waals surface area (Å²) in [6.07, 6.45) is 18.6. The highest BCUT2D eigenvalue weighted by Crippen LogP contribution is 2.30.